The first-order valence-electron chi connectivity index (χ1n) is 30.7. The topological polar surface area (TPSA) is 78.9 Å². The lowest BCUT2D eigenvalue weighted by Crippen LogP contribution is -2.30. The smallest absolute Gasteiger partial charge is 0.306 e. The number of ether oxygens (including phenoxy) is 3. The predicted octanol–water partition coefficient (Wildman–Crippen LogP) is 20.5. The quantitative estimate of drug-likeness (QED) is 0.0262. The van der Waals surface area contributed by atoms with Crippen LogP contribution in [0.5, 0.6) is 0 Å². The van der Waals surface area contributed by atoms with E-state index in [9.17, 15) is 14.4 Å². The van der Waals surface area contributed by atoms with Gasteiger partial charge in [-0.25, -0.2) is 0 Å². The number of esters is 3. The van der Waals surface area contributed by atoms with Crippen molar-refractivity contribution in [3.8, 4) is 0 Å². The highest BCUT2D eigenvalue weighted by Crippen LogP contribution is 2.17. The Labute approximate surface area is 424 Å². The van der Waals surface area contributed by atoms with Crippen LogP contribution in [0.15, 0.2) is 12.2 Å². The van der Waals surface area contributed by atoms with Crippen LogP contribution in [-0.4, -0.2) is 37.2 Å². The summed E-state index contributed by atoms with van der Waals surface area (Å²) in [5.41, 5.74) is 0. The highest BCUT2D eigenvalue weighted by molar-refractivity contribution is 5.71. The molecule has 68 heavy (non-hydrogen) atoms. The molecule has 0 N–H and O–H groups in total. The summed E-state index contributed by atoms with van der Waals surface area (Å²) in [6.07, 6.45) is 66.4. The molecule has 0 aliphatic rings. The zero-order chi connectivity index (χ0) is 49.3. The fraction of sp³-hybridized carbons (Fsp3) is 0.919. The molecule has 0 saturated heterocycles. The van der Waals surface area contributed by atoms with Crippen LogP contribution in [0.25, 0.3) is 0 Å². The summed E-state index contributed by atoms with van der Waals surface area (Å²) in [6.45, 7) is 6.70. The standard InChI is InChI=1S/C62H118O6/c1-4-7-10-13-16-19-22-25-27-28-29-30-31-32-33-34-36-37-40-43-46-49-52-55-61(64)67-58-59(57-66-60(63)54-51-48-45-42-39-24-21-18-15-12-9-6-3)68-62(65)56-53-50-47-44-41-38-35-26-23-20-17-14-11-8-5-2/h28-29,59H,4-27,30-58H2,1-3H3/b29-28-. The van der Waals surface area contributed by atoms with Gasteiger partial charge in [-0.3, -0.25) is 14.4 Å². The highest BCUT2D eigenvalue weighted by atomic mass is 16.6. The van der Waals surface area contributed by atoms with Crippen molar-refractivity contribution in [3.05, 3.63) is 12.2 Å². The van der Waals surface area contributed by atoms with E-state index in [4.69, 9.17) is 14.2 Å². The average Bonchev–Trinajstić information content (AvgIpc) is 3.34. The normalized spacial score (nSPS) is 12.0. The van der Waals surface area contributed by atoms with Gasteiger partial charge < -0.3 is 14.2 Å². The molecule has 0 amide bonds. The molecule has 0 saturated carbocycles. The second-order valence-electron chi connectivity index (χ2n) is 21.0. The molecule has 0 aliphatic heterocycles. The summed E-state index contributed by atoms with van der Waals surface area (Å²) in [6, 6.07) is 0. The fourth-order valence-corrected chi connectivity index (χ4v) is 9.38. The second-order valence-corrected chi connectivity index (χ2v) is 21.0. The Balaban J connectivity index is 4.22. The highest BCUT2D eigenvalue weighted by Gasteiger charge is 2.19. The molecule has 0 heterocycles. The van der Waals surface area contributed by atoms with Gasteiger partial charge in [-0.15, -0.1) is 0 Å². The lowest BCUT2D eigenvalue weighted by molar-refractivity contribution is -0.167. The van der Waals surface area contributed by atoms with E-state index in [1.165, 1.54) is 250 Å². The Kier molecular flexibility index (Phi) is 56.2. The largest absolute Gasteiger partial charge is 0.462 e. The van der Waals surface area contributed by atoms with E-state index < -0.39 is 6.10 Å². The number of carbonyl (C=O) groups is 3. The molecule has 0 aromatic rings. The van der Waals surface area contributed by atoms with Gasteiger partial charge in [-0.1, -0.05) is 296 Å². The monoisotopic (exact) mass is 959 g/mol. The Morgan fingerprint density at radius 2 is 0.485 bits per heavy atom. The number of carbonyl (C=O) groups excluding carboxylic acids is 3. The van der Waals surface area contributed by atoms with E-state index in [1.54, 1.807) is 0 Å². The van der Waals surface area contributed by atoms with Crippen LogP contribution < -0.4 is 0 Å². The van der Waals surface area contributed by atoms with Gasteiger partial charge in [-0.2, -0.15) is 0 Å². The number of unbranched alkanes of at least 4 members (excludes halogenated alkanes) is 44. The maximum absolute atomic E-state index is 12.9. The van der Waals surface area contributed by atoms with Gasteiger partial charge >= 0.3 is 17.9 Å². The van der Waals surface area contributed by atoms with Gasteiger partial charge in [0.1, 0.15) is 13.2 Å². The van der Waals surface area contributed by atoms with Gasteiger partial charge in [0.2, 0.25) is 0 Å². The van der Waals surface area contributed by atoms with Crippen LogP contribution >= 0.6 is 0 Å². The minimum atomic E-state index is -0.764. The van der Waals surface area contributed by atoms with Crippen molar-refractivity contribution in [2.24, 2.45) is 0 Å². The van der Waals surface area contributed by atoms with Crippen LogP contribution in [0.3, 0.4) is 0 Å². The van der Waals surface area contributed by atoms with Gasteiger partial charge in [-0.05, 0) is 44.9 Å². The van der Waals surface area contributed by atoms with Crippen LogP contribution in [0.2, 0.25) is 0 Å². The van der Waals surface area contributed by atoms with Crippen molar-refractivity contribution < 1.29 is 28.6 Å². The third-order valence-corrected chi connectivity index (χ3v) is 14.0. The van der Waals surface area contributed by atoms with E-state index in [2.05, 4.69) is 32.9 Å². The van der Waals surface area contributed by atoms with E-state index >= 15 is 0 Å². The van der Waals surface area contributed by atoms with Gasteiger partial charge in [0.25, 0.3) is 0 Å². The van der Waals surface area contributed by atoms with E-state index in [-0.39, 0.29) is 31.1 Å². The van der Waals surface area contributed by atoms with E-state index in [0.29, 0.717) is 19.3 Å². The minimum Gasteiger partial charge on any atom is -0.462 e. The molecule has 0 aromatic heterocycles. The molecule has 0 rings (SSSR count). The molecular weight excluding hydrogens is 841 g/mol. The van der Waals surface area contributed by atoms with Crippen molar-refractivity contribution in [2.45, 2.75) is 354 Å². The number of hydrogen-bond acceptors (Lipinski definition) is 6. The van der Waals surface area contributed by atoms with Crippen LogP contribution in [0, 0.1) is 0 Å². The van der Waals surface area contributed by atoms with Gasteiger partial charge in [0, 0.05) is 19.3 Å². The summed E-state index contributed by atoms with van der Waals surface area (Å²) < 4.78 is 16.9. The molecule has 1 unspecified atom stereocenters. The number of allylic oxidation sites excluding steroid dienone is 2. The fourth-order valence-electron chi connectivity index (χ4n) is 9.38. The first-order valence-corrected chi connectivity index (χ1v) is 30.7. The lowest BCUT2D eigenvalue weighted by Gasteiger charge is -2.18. The third-order valence-electron chi connectivity index (χ3n) is 14.0. The molecule has 6 heteroatoms. The first kappa shape index (κ1) is 66.2. The van der Waals surface area contributed by atoms with Gasteiger partial charge in [0.05, 0.1) is 0 Å². The Morgan fingerprint density at radius 3 is 0.735 bits per heavy atom. The third kappa shape index (κ3) is 55.1. The second kappa shape index (κ2) is 57.7. The molecule has 6 nitrogen and oxygen atoms in total. The maximum atomic E-state index is 12.9. The SMILES string of the molecule is CCCCCCCCCC/C=C\CCCCCCCCCCCCCC(=O)OCC(COC(=O)CCCCCCCCCCCCCC)OC(=O)CCCCCCCCCCCCCCCCC. The Bertz CT molecular complexity index is 1060. The summed E-state index contributed by atoms with van der Waals surface area (Å²) in [5.74, 6) is -0.838. The molecule has 0 spiro atoms. The molecule has 402 valence electrons. The van der Waals surface area contributed by atoms with Crippen molar-refractivity contribution in [1.82, 2.24) is 0 Å². The molecule has 0 aliphatic carbocycles. The Morgan fingerprint density at radius 1 is 0.279 bits per heavy atom. The number of hydrogen-bond donors (Lipinski definition) is 0. The number of rotatable bonds is 57. The average molecular weight is 960 g/mol. The molecule has 0 aromatic carbocycles. The van der Waals surface area contributed by atoms with Crippen LogP contribution in [-0.2, 0) is 28.6 Å². The van der Waals surface area contributed by atoms with Crippen molar-refractivity contribution in [2.75, 3.05) is 13.2 Å². The molecule has 0 bridgehead atoms. The zero-order valence-corrected chi connectivity index (χ0v) is 46.2. The van der Waals surface area contributed by atoms with Crippen molar-refractivity contribution in [1.29, 1.82) is 0 Å². The van der Waals surface area contributed by atoms with E-state index in [0.717, 1.165) is 57.8 Å². The van der Waals surface area contributed by atoms with Gasteiger partial charge in [0.15, 0.2) is 6.10 Å². The molecule has 0 radical (unpaired) electrons. The molecule has 0 fully saturated rings. The van der Waals surface area contributed by atoms with E-state index in [1.807, 2.05) is 0 Å². The summed E-state index contributed by atoms with van der Waals surface area (Å²) >= 11 is 0. The van der Waals surface area contributed by atoms with Crippen LogP contribution in [0.1, 0.15) is 348 Å². The first-order chi connectivity index (χ1) is 33.5. The lowest BCUT2D eigenvalue weighted by atomic mass is 10.0. The molecular formula is C62H118O6. The predicted molar refractivity (Wildman–Crippen MR) is 293 cm³/mol. The maximum Gasteiger partial charge on any atom is 0.306 e. The van der Waals surface area contributed by atoms with Crippen LogP contribution in [0.4, 0.5) is 0 Å². The van der Waals surface area contributed by atoms with Crippen molar-refractivity contribution in [3.63, 3.8) is 0 Å². The van der Waals surface area contributed by atoms with Crippen molar-refractivity contribution >= 4 is 17.9 Å². The molecule has 1 atom stereocenters. The summed E-state index contributed by atoms with van der Waals surface area (Å²) in [4.78, 5) is 38.2. The summed E-state index contributed by atoms with van der Waals surface area (Å²) in [7, 11) is 0. The summed E-state index contributed by atoms with van der Waals surface area (Å²) in [5, 5.41) is 0. The zero-order valence-electron chi connectivity index (χ0n) is 46.2. The minimum absolute atomic E-state index is 0.0637. The Hall–Kier alpha value is -1.85.